The number of hydrogen-bond acceptors (Lipinski definition) is 7. The highest BCUT2D eigenvalue weighted by Crippen LogP contribution is 2.35. The van der Waals surface area contributed by atoms with E-state index in [0.29, 0.717) is 0 Å². The van der Waals surface area contributed by atoms with Gasteiger partial charge < -0.3 is 28.8 Å². The average Bonchev–Trinajstić information content (AvgIpc) is 3.25. The molecule has 4 aromatic rings. The van der Waals surface area contributed by atoms with Gasteiger partial charge >= 0.3 is 5.97 Å². The highest BCUT2D eigenvalue weighted by molar-refractivity contribution is 5.69. The molecule has 0 radical (unpaired) electrons. The summed E-state index contributed by atoms with van der Waals surface area (Å²) in [6, 6.07) is 39.6. The Kier molecular flexibility index (Phi) is 20.4. The van der Waals surface area contributed by atoms with Gasteiger partial charge in [0.1, 0.15) is 30.5 Å². The molecule has 1 saturated carbocycles. The third-order valence-electron chi connectivity index (χ3n) is 10.9. The van der Waals surface area contributed by atoms with Gasteiger partial charge in [0.25, 0.3) is 0 Å². The predicted octanol–water partition coefficient (Wildman–Crippen LogP) is 11.1. The number of benzene rings is 4. The van der Waals surface area contributed by atoms with Crippen molar-refractivity contribution in [2.24, 2.45) is 0 Å². The van der Waals surface area contributed by atoms with E-state index >= 15 is 0 Å². The highest BCUT2D eigenvalue weighted by Gasteiger charge is 2.55. The smallest absolute Gasteiger partial charge is 0.306 e. The molecule has 5 rings (SSSR count). The number of aliphatic hydroxyl groups is 1. The highest BCUT2D eigenvalue weighted by atomic mass is 16.6. The van der Waals surface area contributed by atoms with Crippen molar-refractivity contribution >= 4 is 5.97 Å². The Hall–Kier alpha value is -3.85. The lowest BCUT2D eigenvalue weighted by molar-refractivity contribution is -0.277. The number of unbranched alkanes of at least 4 members (excludes halogenated alkanes) is 12. The van der Waals surface area contributed by atoms with Gasteiger partial charge in [0.05, 0.1) is 26.4 Å². The van der Waals surface area contributed by atoms with Crippen LogP contribution in [0, 0.1) is 0 Å². The van der Waals surface area contributed by atoms with Crippen molar-refractivity contribution in [1.82, 2.24) is 0 Å². The predicted molar refractivity (Wildman–Crippen MR) is 226 cm³/mol. The van der Waals surface area contributed by atoms with Gasteiger partial charge in [0.15, 0.2) is 6.10 Å². The fourth-order valence-corrected chi connectivity index (χ4v) is 7.60. The largest absolute Gasteiger partial charge is 0.457 e. The molecule has 0 aromatic heterocycles. The van der Waals surface area contributed by atoms with E-state index in [9.17, 15) is 9.90 Å². The van der Waals surface area contributed by atoms with Crippen molar-refractivity contribution in [2.45, 2.75) is 160 Å². The Balaban J connectivity index is 1.29. The van der Waals surface area contributed by atoms with E-state index in [-0.39, 0.29) is 38.8 Å². The summed E-state index contributed by atoms with van der Waals surface area (Å²) < 4.78 is 33.0. The van der Waals surface area contributed by atoms with Crippen LogP contribution in [0.1, 0.15) is 119 Å². The molecule has 1 aliphatic rings. The average molecular weight is 779 g/mol. The quantitative estimate of drug-likeness (QED) is 0.0477. The summed E-state index contributed by atoms with van der Waals surface area (Å²) >= 11 is 0. The minimum Gasteiger partial charge on any atom is -0.457 e. The number of esters is 1. The fraction of sp³-hybridized carbons (Fsp3) is 0.500. The second-order valence-electron chi connectivity index (χ2n) is 15.5. The second-order valence-corrected chi connectivity index (χ2v) is 15.5. The molecule has 57 heavy (non-hydrogen) atoms. The molecule has 1 fully saturated rings. The van der Waals surface area contributed by atoms with Gasteiger partial charge in [-0.05, 0) is 28.7 Å². The Morgan fingerprint density at radius 2 is 0.719 bits per heavy atom. The van der Waals surface area contributed by atoms with Crippen molar-refractivity contribution in [2.75, 3.05) is 0 Å². The van der Waals surface area contributed by atoms with Crippen LogP contribution in [0.4, 0.5) is 0 Å². The Morgan fingerprint density at radius 3 is 1.09 bits per heavy atom. The number of ether oxygens (including phenoxy) is 5. The van der Waals surface area contributed by atoms with Crippen LogP contribution in [0.2, 0.25) is 0 Å². The van der Waals surface area contributed by atoms with E-state index in [1.807, 2.05) is 121 Å². The van der Waals surface area contributed by atoms with Gasteiger partial charge in [-0.25, -0.2) is 0 Å². The van der Waals surface area contributed by atoms with Crippen LogP contribution < -0.4 is 0 Å². The first-order valence-electron chi connectivity index (χ1n) is 21.6. The molecule has 0 amide bonds. The molecule has 0 saturated heterocycles. The normalized spacial score (nSPS) is 20.7. The lowest BCUT2D eigenvalue weighted by Crippen LogP contribution is -2.67. The number of hydrogen-bond donors (Lipinski definition) is 1. The third-order valence-corrected chi connectivity index (χ3v) is 10.9. The van der Waals surface area contributed by atoms with Gasteiger partial charge in [-0.15, -0.1) is 0 Å². The van der Waals surface area contributed by atoms with E-state index in [1.54, 1.807) is 0 Å². The van der Waals surface area contributed by atoms with Crippen LogP contribution in [0.5, 0.6) is 0 Å². The van der Waals surface area contributed by atoms with Gasteiger partial charge in [-0.2, -0.15) is 0 Å². The third kappa shape index (κ3) is 15.8. The van der Waals surface area contributed by atoms with Crippen LogP contribution in [0.15, 0.2) is 121 Å². The van der Waals surface area contributed by atoms with E-state index in [1.165, 1.54) is 64.2 Å². The van der Waals surface area contributed by atoms with Crippen LogP contribution in [0.25, 0.3) is 0 Å². The summed E-state index contributed by atoms with van der Waals surface area (Å²) in [6.07, 6.45) is 10.7. The first kappa shape index (κ1) is 44.3. The molecule has 0 spiro atoms. The molecule has 0 bridgehead atoms. The number of carbonyl (C=O) groups is 1. The lowest BCUT2D eigenvalue weighted by Gasteiger charge is -2.48. The number of aliphatic hydroxyl groups excluding tert-OH is 1. The molecule has 0 aliphatic heterocycles. The van der Waals surface area contributed by atoms with E-state index in [4.69, 9.17) is 23.7 Å². The van der Waals surface area contributed by atoms with Crippen LogP contribution in [-0.2, 0) is 54.9 Å². The van der Waals surface area contributed by atoms with Crippen LogP contribution in [-0.4, -0.2) is 47.7 Å². The van der Waals surface area contributed by atoms with Crippen LogP contribution >= 0.6 is 0 Å². The number of rotatable bonds is 27. The van der Waals surface area contributed by atoms with Gasteiger partial charge in [-0.1, -0.05) is 205 Å². The summed E-state index contributed by atoms with van der Waals surface area (Å²) in [4.78, 5) is 13.6. The first-order valence-corrected chi connectivity index (χ1v) is 21.6. The maximum atomic E-state index is 13.6. The molecule has 308 valence electrons. The van der Waals surface area contributed by atoms with E-state index in [2.05, 4.69) is 6.92 Å². The molecule has 3 unspecified atom stereocenters. The Bertz CT molecular complexity index is 1600. The standard InChI is InChI=1S/C50H66O7/c1-2-3-4-5-6-7-8-9-10-11-12-13-26-35-44(51)57-47-45(52)46(53-36-40-27-18-14-19-28-40)48(54-37-41-29-20-15-21-30-41)50(56-39-43-33-24-17-25-34-43)49(47)55-38-42-31-22-16-23-32-42/h14-25,27-34,45-50,52H,2-13,26,35-39H2,1H3/t45?,46-,47-,48+,49?,50?/m0/s1. The molecule has 0 heterocycles. The molecule has 1 aliphatic carbocycles. The maximum absolute atomic E-state index is 13.6. The topological polar surface area (TPSA) is 83.5 Å². The zero-order valence-electron chi connectivity index (χ0n) is 34.1. The summed E-state index contributed by atoms with van der Waals surface area (Å²) in [5, 5.41) is 12.3. The second kappa shape index (κ2) is 26.2. The van der Waals surface area contributed by atoms with Crippen molar-refractivity contribution in [3.05, 3.63) is 144 Å². The zero-order chi connectivity index (χ0) is 39.8. The molecule has 1 N–H and O–H groups in total. The molecular weight excluding hydrogens is 713 g/mol. The monoisotopic (exact) mass is 778 g/mol. The summed E-state index contributed by atoms with van der Waals surface area (Å²) in [5.41, 5.74) is 3.86. The maximum Gasteiger partial charge on any atom is 0.306 e. The molecule has 6 atom stereocenters. The summed E-state index contributed by atoms with van der Waals surface area (Å²) in [6.45, 7) is 3.26. The molecule has 7 heteroatoms. The van der Waals surface area contributed by atoms with Gasteiger partial charge in [0.2, 0.25) is 0 Å². The summed E-state index contributed by atoms with van der Waals surface area (Å²) in [5.74, 6) is -0.359. The van der Waals surface area contributed by atoms with Gasteiger partial charge in [-0.3, -0.25) is 4.79 Å². The lowest BCUT2D eigenvalue weighted by atomic mass is 9.83. The van der Waals surface area contributed by atoms with Crippen molar-refractivity contribution in [1.29, 1.82) is 0 Å². The molecule has 4 aromatic carbocycles. The van der Waals surface area contributed by atoms with E-state index < -0.39 is 36.6 Å². The SMILES string of the molecule is CCCCCCCCCCCCCCCC(=O)O[C@@H]1C(OCc2ccccc2)C(OCc2ccccc2)[C@H](OCc2ccccc2)[C@@H](OCc2ccccc2)C1O. The minimum absolute atomic E-state index is 0.230. The van der Waals surface area contributed by atoms with Gasteiger partial charge in [0, 0.05) is 6.42 Å². The number of carbonyl (C=O) groups excluding carboxylic acids is 1. The molecular formula is C50H66O7. The zero-order valence-corrected chi connectivity index (χ0v) is 34.1. The van der Waals surface area contributed by atoms with Crippen LogP contribution in [0.3, 0.4) is 0 Å². The first-order chi connectivity index (χ1) is 28.1. The van der Waals surface area contributed by atoms with Crippen molar-refractivity contribution in [3.8, 4) is 0 Å². The Labute approximate surface area is 342 Å². The summed E-state index contributed by atoms with van der Waals surface area (Å²) in [7, 11) is 0. The minimum atomic E-state index is -1.25. The van der Waals surface area contributed by atoms with Crippen molar-refractivity contribution in [3.63, 3.8) is 0 Å². The Morgan fingerprint density at radius 1 is 0.421 bits per heavy atom. The fourth-order valence-electron chi connectivity index (χ4n) is 7.60. The van der Waals surface area contributed by atoms with Crippen molar-refractivity contribution < 1.29 is 33.6 Å². The molecule has 7 nitrogen and oxygen atoms in total. The van der Waals surface area contributed by atoms with E-state index in [0.717, 1.165) is 41.5 Å².